The largest absolute Gasteiger partial charge is 0.507 e. The van der Waals surface area contributed by atoms with Crippen LogP contribution in [0.5, 0.6) is 11.5 Å². The van der Waals surface area contributed by atoms with Crippen LogP contribution in [0.4, 0.5) is 17.1 Å². The highest BCUT2D eigenvalue weighted by Gasteiger charge is 2.26. The predicted molar refractivity (Wildman–Crippen MR) is 624 cm³/mol. The van der Waals surface area contributed by atoms with Gasteiger partial charge in [0.15, 0.2) is 0 Å². The first-order valence-electron chi connectivity index (χ1n) is 46.2. The Bertz CT molecular complexity index is 7290. The molecular weight excluding hydrogens is 2140 g/mol. The molecule has 7 N–H and O–H groups in total. The van der Waals surface area contributed by atoms with E-state index in [4.69, 9.17) is 54.3 Å². The number of nitrogens with zero attached hydrogens (tertiary/aromatic N) is 2. The lowest BCUT2D eigenvalue weighted by Crippen LogP contribution is -2.29. The van der Waals surface area contributed by atoms with Gasteiger partial charge in [-0.1, -0.05) is 343 Å². The number of benzene rings is 16. The lowest BCUT2D eigenvalue weighted by Gasteiger charge is -2.21. The fraction of sp³-hybridized carbons (Fsp3) is 0.235. The summed E-state index contributed by atoms with van der Waals surface area (Å²) < 4.78 is 12.6. The first-order chi connectivity index (χ1) is 65.8. The number of methoxy groups -OCH3 is 1. The lowest BCUT2D eigenvalue weighted by atomic mass is 9.78. The fourth-order valence-electron chi connectivity index (χ4n) is 15.8. The normalized spacial score (nSPS) is 11.6. The number of amides is 1. The van der Waals surface area contributed by atoms with Crippen molar-refractivity contribution in [3.05, 3.63) is 374 Å². The Kier molecular flexibility index (Phi) is 35.3. The van der Waals surface area contributed by atoms with Crippen molar-refractivity contribution >= 4 is 246 Å². The molecule has 1 amide bonds. The van der Waals surface area contributed by atoms with Gasteiger partial charge in [-0.3, -0.25) is 9.59 Å². The quantitative estimate of drug-likeness (QED) is 0.0350. The average Bonchev–Trinajstić information content (AvgIpc) is 1.64. The molecule has 0 unspecified atom stereocenters. The van der Waals surface area contributed by atoms with Gasteiger partial charge in [0.25, 0.3) is 11.1 Å². The van der Waals surface area contributed by atoms with Crippen molar-refractivity contribution in [2.24, 2.45) is 0 Å². The van der Waals surface area contributed by atoms with Crippen LogP contribution in [0, 0.1) is 20.8 Å². The van der Waals surface area contributed by atoms with E-state index in [1.54, 1.807) is 40.9 Å². The fourth-order valence-corrected chi connectivity index (χ4v) is 21.2. The van der Waals surface area contributed by atoms with Gasteiger partial charge in [-0.05, 0) is 322 Å². The van der Waals surface area contributed by atoms with Crippen LogP contribution >= 0.6 is 126 Å². The van der Waals surface area contributed by atoms with Crippen molar-refractivity contribution in [1.29, 1.82) is 0 Å². The molecule has 21 heteroatoms. The molecule has 16 aromatic carbocycles. The molecule has 0 aliphatic carbocycles. The van der Waals surface area contributed by atoms with Crippen LogP contribution < -0.4 is 26.6 Å². The van der Waals surface area contributed by atoms with Crippen LogP contribution in [0.1, 0.15) is 201 Å². The summed E-state index contributed by atoms with van der Waals surface area (Å²) in [6.07, 6.45) is 0. The maximum atomic E-state index is 12.8. The Morgan fingerprint density at radius 3 is 1.13 bits per heavy atom. The lowest BCUT2D eigenvalue weighted by molar-refractivity contribution is 0.102. The molecule has 0 atom stereocenters. The van der Waals surface area contributed by atoms with E-state index in [-0.39, 0.29) is 38.4 Å². The Morgan fingerprint density at radius 1 is 0.379 bits per heavy atom. The van der Waals surface area contributed by atoms with Crippen LogP contribution in [0.3, 0.4) is 0 Å². The Hall–Kier alpha value is -10.3. The minimum Gasteiger partial charge on any atom is -0.507 e. The van der Waals surface area contributed by atoms with Crippen LogP contribution in [0.15, 0.2) is 307 Å². The molecule has 18 rings (SSSR count). The molecule has 2 heterocycles. The third-order valence-corrected chi connectivity index (χ3v) is 30.3. The molecule has 0 bridgehead atoms. The highest BCUT2D eigenvalue weighted by molar-refractivity contribution is 9.11. The number of rotatable bonds is 9. The molecule has 11 nitrogen and oxygen atoms in total. The van der Waals surface area contributed by atoms with Gasteiger partial charge in [0.1, 0.15) is 26.5 Å². The third-order valence-electron chi connectivity index (χ3n) is 24.5. The first kappa shape index (κ1) is 109. The van der Waals surface area contributed by atoms with Crippen LogP contribution in [-0.4, -0.2) is 55.5 Å². The standard InChI is InChI=1S/C22H22BrNO.C22H20BrNS.C22H22BrNS.C21H18BrNOS.C12H9ClO2.C10H15BO2.C10H14BrN/c1-14-17-8-6-5-7-15(17)9-11-18(14)21(25)24-20-12-10-16(13-19(20)23)22(2,3)4;1-13-16-8-6-5-7-14(16)9-10-17(13)21-24-20-18(23)11-15(22(2,3)4)12-19(20)25-21;1-14-17-8-6-5-7-15(17)9-11-18(14)21(25)24-20-12-10-16(13-19(20)23)22(2,3)4;1-21(2,3)13-10-16(22)18-17(11-13)25-20(23-18)15-9-8-12-6-4-5-7-14(12)19(15)24;1-15-11-9-5-3-2-4-8(9)6-7-10(11)12(13)14;1-10(2,3)8-4-6-9(7-5-8)11(12)13;1-10(2,3)7-4-5-9(12)8(11)6-7/h5-13H,1-4H3,(H,24,25);5-12H,1-4H3;5-13H,1-4H3,(H,24,25);4-11,24H,1-3H3;2-7H,1H3;4-7,12-13H,1-3H3;4-6H,12H2,1-3H3. The molecular formula is C119H120BBr5ClN5O6S3. The van der Waals surface area contributed by atoms with Crippen molar-refractivity contribution in [3.63, 3.8) is 0 Å². The number of halogens is 6. The van der Waals surface area contributed by atoms with E-state index in [2.05, 4.69) is 380 Å². The maximum Gasteiger partial charge on any atom is 0.488 e. The summed E-state index contributed by atoms with van der Waals surface area (Å²) in [5, 5.41) is 47.4. The van der Waals surface area contributed by atoms with Crippen molar-refractivity contribution in [1.82, 2.24) is 9.97 Å². The number of nitrogen functional groups attached to an aromatic ring is 1. The molecule has 720 valence electrons. The summed E-state index contributed by atoms with van der Waals surface area (Å²) in [7, 11) is 0.166. The van der Waals surface area contributed by atoms with Crippen LogP contribution in [0.2, 0.25) is 0 Å². The van der Waals surface area contributed by atoms with Gasteiger partial charge in [-0.25, -0.2) is 9.97 Å². The number of nitrogens with two attached hydrogens (primary N) is 1. The molecule has 18 aromatic rings. The molecule has 2 aromatic heterocycles. The summed E-state index contributed by atoms with van der Waals surface area (Å²) >= 11 is 32.6. The number of carbonyl (C=O) groups is 2. The Morgan fingerprint density at radius 2 is 0.714 bits per heavy atom. The zero-order chi connectivity index (χ0) is 102. The summed E-state index contributed by atoms with van der Waals surface area (Å²) in [6, 6.07) is 95.4. The highest BCUT2D eigenvalue weighted by Crippen LogP contribution is 2.45. The van der Waals surface area contributed by atoms with E-state index in [1.807, 2.05) is 122 Å². The molecule has 0 fully saturated rings. The van der Waals surface area contributed by atoms with Gasteiger partial charge in [-0.15, -0.1) is 22.7 Å². The van der Waals surface area contributed by atoms with E-state index in [9.17, 15) is 14.7 Å². The van der Waals surface area contributed by atoms with E-state index < -0.39 is 12.4 Å². The number of anilines is 3. The number of phenolic OH excluding ortho intramolecular Hbond substituents is 1. The van der Waals surface area contributed by atoms with E-state index in [0.717, 1.165) is 119 Å². The van der Waals surface area contributed by atoms with Crippen molar-refractivity contribution < 1.29 is 29.5 Å². The molecule has 0 saturated heterocycles. The number of ether oxygens (including phenoxy) is 1. The van der Waals surface area contributed by atoms with Gasteiger partial charge in [0, 0.05) is 55.5 Å². The molecule has 0 radical (unpaired) electrons. The zero-order valence-electron chi connectivity index (χ0n) is 83.2. The van der Waals surface area contributed by atoms with Gasteiger partial charge in [-0.2, -0.15) is 0 Å². The number of thiazole rings is 2. The molecule has 0 aliphatic heterocycles. The average molecular weight is 2260 g/mol. The third kappa shape index (κ3) is 26.8. The summed E-state index contributed by atoms with van der Waals surface area (Å²) in [5.74, 6) is 0.741. The maximum absolute atomic E-state index is 12.8. The van der Waals surface area contributed by atoms with Gasteiger partial charge >= 0.3 is 7.12 Å². The number of thiocarbonyl (C=S) groups is 1. The Labute approximate surface area is 885 Å². The number of aromatic nitrogens is 2. The minimum atomic E-state index is -1.37. The number of fused-ring (bicyclic) bond motifs is 7. The van der Waals surface area contributed by atoms with Gasteiger partial charge in [0.2, 0.25) is 0 Å². The van der Waals surface area contributed by atoms with E-state index in [0.29, 0.717) is 28.1 Å². The van der Waals surface area contributed by atoms with Crippen molar-refractivity contribution in [3.8, 4) is 32.6 Å². The molecule has 0 spiro atoms. The molecule has 0 saturated carbocycles. The smallest absolute Gasteiger partial charge is 0.488 e. The number of hydrogen-bond acceptors (Lipinski definition) is 12. The summed E-state index contributed by atoms with van der Waals surface area (Å²) in [5.41, 5.74) is 26.8. The summed E-state index contributed by atoms with van der Waals surface area (Å²) in [4.78, 5) is 34.4. The summed E-state index contributed by atoms with van der Waals surface area (Å²) in [6.45, 7) is 45.8. The van der Waals surface area contributed by atoms with Crippen LogP contribution in [0.25, 0.3) is 95.4 Å². The number of hydrogen-bond donors (Lipinski definition) is 6. The number of aryl methyl sites for hydroxylation is 3. The predicted octanol–water partition coefficient (Wildman–Crippen LogP) is 35.0. The number of phenols is 1. The second kappa shape index (κ2) is 45.5. The van der Waals surface area contributed by atoms with Gasteiger partial charge in [0.05, 0.1) is 50.0 Å². The second-order valence-corrected chi connectivity index (χ2v) is 48.0. The van der Waals surface area contributed by atoms with Crippen LogP contribution in [-0.2, 0) is 32.5 Å². The molecule has 0 aliphatic rings. The highest BCUT2D eigenvalue weighted by atomic mass is 79.9. The number of carbonyl (C=O) groups excluding carboxylic acids is 2. The topological polar surface area (TPSA) is 180 Å². The van der Waals surface area contributed by atoms with Crippen molar-refractivity contribution in [2.75, 3.05) is 23.5 Å². The first-order valence-corrected chi connectivity index (χ1v) is 52.6. The minimum absolute atomic E-state index is 0.0694. The van der Waals surface area contributed by atoms with Gasteiger partial charge < -0.3 is 36.3 Å². The number of nitrogens with one attached hydrogen (secondary N) is 2. The van der Waals surface area contributed by atoms with Crippen molar-refractivity contribution in [2.45, 2.75) is 178 Å². The second-order valence-electron chi connectivity index (χ2n) is 40.9. The number of aromatic hydroxyl groups is 1. The SMILES string of the molecule is CC(C)(C)c1cc(Br)c2nc(-c3ccc4ccccc4c3O)sc2c1.CC(C)(C)c1ccc(B(O)O)cc1.CC(C)(C)c1ccc(N)c(Br)c1.COc1c(C(=O)Cl)ccc2ccccc12.Cc1c(-c2nc3c(Br)cc(C(C)(C)C)cc3s2)ccc2ccccc12.Cc1c(C(=O)Nc2ccc(C(C)(C)C)cc2Br)ccc2ccccc12.Cc1c(C(=S)Nc2ccc(C(C)(C)C)cc2Br)ccc2ccccc12. The Balaban J connectivity index is 0.000000149. The monoisotopic (exact) mass is 2250 g/mol. The van der Waals surface area contributed by atoms with E-state index in [1.165, 1.54) is 83.4 Å². The van der Waals surface area contributed by atoms with E-state index >= 15 is 0 Å². The zero-order valence-corrected chi connectivity index (χ0v) is 94.4. The molecule has 140 heavy (non-hydrogen) atoms.